The van der Waals surface area contributed by atoms with Gasteiger partial charge in [-0.05, 0) is 72.4 Å². The molecule has 0 bridgehead atoms. The van der Waals surface area contributed by atoms with Crippen LogP contribution in [0.1, 0.15) is 58.8 Å². The summed E-state index contributed by atoms with van der Waals surface area (Å²) >= 11 is 0. The number of aryl methyl sites for hydroxylation is 1. The van der Waals surface area contributed by atoms with Gasteiger partial charge in [0.1, 0.15) is 11.7 Å². The van der Waals surface area contributed by atoms with E-state index in [9.17, 15) is 14.4 Å². The molecule has 9 heteroatoms. The molecular formula is C32H37N5O4. The SMILES string of the molecule is CN(C)C(=O)C1(c2ccc(NC(=O)[C@@H](NC(=O)c3ccnn3C)C3c4ccccc4CC34CC4)cc2)CCOCC1. The molecule has 2 fully saturated rings. The van der Waals surface area contributed by atoms with Crippen molar-refractivity contribution in [3.8, 4) is 0 Å². The van der Waals surface area contributed by atoms with Gasteiger partial charge in [0.15, 0.2) is 0 Å². The van der Waals surface area contributed by atoms with Gasteiger partial charge < -0.3 is 20.3 Å². The minimum atomic E-state index is -0.764. The van der Waals surface area contributed by atoms with Crippen molar-refractivity contribution >= 4 is 23.4 Å². The van der Waals surface area contributed by atoms with Gasteiger partial charge in [-0.1, -0.05) is 36.4 Å². The lowest BCUT2D eigenvalue weighted by Gasteiger charge is -2.38. The first-order valence-electron chi connectivity index (χ1n) is 14.3. The van der Waals surface area contributed by atoms with E-state index in [0.29, 0.717) is 37.4 Å². The topological polar surface area (TPSA) is 106 Å². The smallest absolute Gasteiger partial charge is 0.270 e. The summed E-state index contributed by atoms with van der Waals surface area (Å²) in [6.07, 6.45) is 5.77. The second-order valence-electron chi connectivity index (χ2n) is 12.0. The van der Waals surface area contributed by atoms with E-state index in [-0.39, 0.29) is 29.1 Å². The number of anilines is 1. The van der Waals surface area contributed by atoms with Gasteiger partial charge in [-0.3, -0.25) is 19.1 Å². The maximum absolute atomic E-state index is 14.0. The number of nitrogens with one attached hydrogen (secondary N) is 2. The lowest BCUT2D eigenvalue weighted by molar-refractivity contribution is -0.138. The standard InChI is InChI=1S/C32H37N5O4/c1-36(2)30(40)32(15-18-41-19-16-32)22-8-10-23(11-9-22)34-29(39)27(35-28(38)25-12-17-33-37(25)3)26-24-7-5-4-6-21(24)20-31(26)13-14-31/h4-12,17,26-27H,13-16,18-20H2,1-3H3,(H,34,39)(H,35,38)/t26?,27-/m0/s1. The minimum Gasteiger partial charge on any atom is -0.381 e. The molecule has 2 aliphatic carbocycles. The third kappa shape index (κ3) is 4.82. The number of carbonyl (C=O) groups is 3. The van der Waals surface area contributed by atoms with Crippen molar-refractivity contribution in [3.63, 3.8) is 0 Å². The van der Waals surface area contributed by atoms with Crippen LogP contribution in [-0.4, -0.2) is 65.8 Å². The fraction of sp³-hybridized carbons (Fsp3) is 0.438. The van der Waals surface area contributed by atoms with Crippen LogP contribution in [-0.2, 0) is 33.2 Å². The van der Waals surface area contributed by atoms with Crippen LogP contribution < -0.4 is 10.6 Å². The van der Waals surface area contributed by atoms with E-state index in [1.54, 1.807) is 38.3 Å². The van der Waals surface area contributed by atoms with Gasteiger partial charge in [-0.2, -0.15) is 5.10 Å². The molecule has 41 heavy (non-hydrogen) atoms. The second-order valence-corrected chi connectivity index (χ2v) is 12.0. The molecule has 2 heterocycles. The average Bonchev–Trinajstić information content (AvgIpc) is 3.48. The van der Waals surface area contributed by atoms with Crippen molar-refractivity contribution in [1.29, 1.82) is 0 Å². The van der Waals surface area contributed by atoms with Crippen LogP contribution in [0, 0.1) is 5.41 Å². The highest BCUT2D eigenvalue weighted by atomic mass is 16.5. The number of benzene rings is 2. The molecule has 0 radical (unpaired) electrons. The Hall–Kier alpha value is -3.98. The number of likely N-dealkylation sites (N-methyl/N-ethyl adjacent to an activating group) is 1. The van der Waals surface area contributed by atoms with E-state index in [1.165, 1.54) is 10.2 Å². The van der Waals surface area contributed by atoms with Crippen LogP contribution in [0.3, 0.4) is 0 Å². The Labute approximate surface area is 240 Å². The summed E-state index contributed by atoms with van der Waals surface area (Å²) in [5, 5.41) is 10.3. The molecule has 6 rings (SSSR count). The summed E-state index contributed by atoms with van der Waals surface area (Å²) in [6.45, 7) is 1.06. The highest BCUT2D eigenvalue weighted by molar-refractivity contribution is 6.01. The van der Waals surface area contributed by atoms with Crippen LogP contribution in [0.4, 0.5) is 5.69 Å². The first kappa shape index (κ1) is 27.2. The van der Waals surface area contributed by atoms with Gasteiger partial charge in [0, 0.05) is 52.2 Å². The molecule has 9 nitrogen and oxygen atoms in total. The van der Waals surface area contributed by atoms with E-state index in [4.69, 9.17) is 4.74 Å². The third-order valence-electron chi connectivity index (χ3n) is 9.31. The zero-order valence-electron chi connectivity index (χ0n) is 23.9. The zero-order valence-corrected chi connectivity index (χ0v) is 23.9. The quantitative estimate of drug-likeness (QED) is 0.465. The summed E-state index contributed by atoms with van der Waals surface area (Å²) in [7, 11) is 5.27. The molecule has 3 aromatic rings. The minimum absolute atomic E-state index is 0.0166. The summed E-state index contributed by atoms with van der Waals surface area (Å²) in [5.41, 5.74) is 3.66. The van der Waals surface area contributed by atoms with Crippen LogP contribution in [0.2, 0.25) is 0 Å². The highest BCUT2D eigenvalue weighted by Crippen LogP contribution is 2.64. The number of hydrogen-bond acceptors (Lipinski definition) is 5. The Morgan fingerprint density at radius 1 is 1.00 bits per heavy atom. The molecule has 1 aliphatic heterocycles. The number of carbonyl (C=O) groups excluding carboxylic acids is 3. The highest BCUT2D eigenvalue weighted by Gasteiger charge is 2.58. The van der Waals surface area contributed by atoms with Crippen molar-refractivity contribution in [3.05, 3.63) is 83.2 Å². The molecule has 1 aromatic heterocycles. The summed E-state index contributed by atoms with van der Waals surface area (Å²) < 4.78 is 7.09. The van der Waals surface area contributed by atoms with Crippen molar-refractivity contribution < 1.29 is 19.1 Å². The summed E-state index contributed by atoms with van der Waals surface area (Å²) in [5.74, 6) is -0.653. The Bertz CT molecular complexity index is 1470. The lowest BCUT2D eigenvalue weighted by Crippen LogP contribution is -2.49. The molecule has 1 unspecified atom stereocenters. The lowest BCUT2D eigenvalue weighted by atomic mass is 9.73. The normalized spacial score (nSPS) is 20.6. The van der Waals surface area contributed by atoms with E-state index in [2.05, 4.69) is 27.9 Å². The van der Waals surface area contributed by atoms with Crippen LogP contribution in [0.25, 0.3) is 0 Å². The van der Waals surface area contributed by atoms with E-state index < -0.39 is 11.5 Å². The first-order valence-corrected chi connectivity index (χ1v) is 14.3. The van der Waals surface area contributed by atoms with Crippen LogP contribution in [0.15, 0.2) is 60.8 Å². The van der Waals surface area contributed by atoms with E-state index in [1.807, 2.05) is 36.4 Å². The molecule has 1 spiro atoms. The van der Waals surface area contributed by atoms with E-state index >= 15 is 0 Å². The number of rotatable bonds is 7. The molecule has 2 atom stereocenters. The molecule has 2 N–H and O–H groups in total. The van der Waals surface area contributed by atoms with Crippen molar-refractivity contribution in [2.45, 2.75) is 49.5 Å². The molecule has 2 aromatic carbocycles. The first-order chi connectivity index (χ1) is 19.7. The summed E-state index contributed by atoms with van der Waals surface area (Å²) in [4.78, 5) is 42.3. The molecule has 3 amide bonds. The molecular weight excluding hydrogens is 518 g/mol. The fourth-order valence-corrected chi connectivity index (χ4v) is 6.98. The zero-order chi connectivity index (χ0) is 28.8. The van der Waals surface area contributed by atoms with Crippen LogP contribution in [0.5, 0.6) is 0 Å². The van der Waals surface area contributed by atoms with Gasteiger partial charge in [-0.25, -0.2) is 0 Å². The maximum atomic E-state index is 14.0. The second kappa shape index (κ2) is 10.4. The number of nitrogens with zero attached hydrogens (tertiary/aromatic N) is 3. The molecule has 1 saturated heterocycles. The van der Waals surface area contributed by atoms with Gasteiger partial charge >= 0.3 is 0 Å². The van der Waals surface area contributed by atoms with Gasteiger partial charge in [0.2, 0.25) is 11.8 Å². The van der Waals surface area contributed by atoms with Crippen molar-refractivity contribution in [1.82, 2.24) is 20.0 Å². The van der Waals surface area contributed by atoms with Gasteiger partial charge in [0.25, 0.3) is 5.91 Å². The van der Waals surface area contributed by atoms with Gasteiger partial charge in [0.05, 0.1) is 5.41 Å². The maximum Gasteiger partial charge on any atom is 0.270 e. The van der Waals surface area contributed by atoms with Crippen LogP contribution >= 0.6 is 0 Å². The Morgan fingerprint density at radius 3 is 2.34 bits per heavy atom. The Kier molecular flexibility index (Phi) is 6.93. The molecule has 3 aliphatic rings. The number of hydrogen-bond donors (Lipinski definition) is 2. The van der Waals surface area contributed by atoms with Crippen molar-refractivity contribution in [2.75, 3.05) is 32.6 Å². The predicted octanol–water partition coefficient (Wildman–Crippen LogP) is 3.41. The Morgan fingerprint density at radius 2 is 1.71 bits per heavy atom. The number of amides is 3. The summed E-state index contributed by atoms with van der Waals surface area (Å²) in [6, 6.07) is 16.7. The average molecular weight is 556 g/mol. The number of fused-ring (bicyclic) bond motifs is 1. The number of aromatic nitrogens is 2. The molecule has 1 saturated carbocycles. The number of ether oxygens (including phenoxy) is 1. The monoisotopic (exact) mass is 555 g/mol. The van der Waals surface area contributed by atoms with Gasteiger partial charge in [-0.15, -0.1) is 0 Å². The largest absolute Gasteiger partial charge is 0.381 e. The fourth-order valence-electron chi connectivity index (χ4n) is 6.98. The third-order valence-corrected chi connectivity index (χ3v) is 9.31. The Balaban J connectivity index is 1.29. The predicted molar refractivity (Wildman–Crippen MR) is 155 cm³/mol. The van der Waals surface area contributed by atoms with Crippen molar-refractivity contribution in [2.24, 2.45) is 12.5 Å². The van der Waals surface area contributed by atoms with E-state index in [0.717, 1.165) is 30.4 Å². The molecule has 214 valence electrons.